The van der Waals surface area contributed by atoms with E-state index in [0.29, 0.717) is 12.5 Å². The molecule has 1 atom stereocenters. The molecule has 5 heteroatoms. The molecule has 1 aromatic rings. The van der Waals surface area contributed by atoms with Gasteiger partial charge in [0.15, 0.2) is 5.78 Å². The first-order chi connectivity index (χ1) is 8.60. The summed E-state index contributed by atoms with van der Waals surface area (Å²) in [7, 11) is 0. The molecule has 2 rings (SSSR count). The van der Waals surface area contributed by atoms with Crippen LogP contribution in [0.1, 0.15) is 16.8 Å². The Hall–Kier alpha value is -1.33. The molecule has 1 saturated heterocycles. The second-order valence-corrected chi connectivity index (χ2v) is 4.67. The number of Topliss-reactive ketones (excluding diaryl/α,β-unsaturated/α-hetero) is 1. The Bertz CT molecular complexity index is 451. The molecule has 98 valence electrons. The zero-order valence-corrected chi connectivity index (χ0v) is 10.0. The molecule has 0 radical (unpaired) electrons. The summed E-state index contributed by atoms with van der Waals surface area (Å²) in [6, 6.07) is 3.03. The van der Waals surface area contributed by atoms with Gasteiger partial charge in [-0.3, -0.25) is 9.69 Å². The summed E-state index contributed by atoms with van der Waals surface area (Å²) in [6.45, 7) is 2.34. The van der Waals surface area contributed by atoms with E-state index >= 15 is 0 Å². The summed E-state index contributed by atoms with van der Waals surface area (Å²) in [4.78, 5) is 13.9. The third kappa shape index (κ3) is 2.91. The molecule has 1 aliphatic heterocycles. The van der Waals surface area contributed by atoms with Crippen molar-refractivity contribution < 1.29 is 13.6 Å². The van der Waals surface area contributed by atoms with Crippen molar-refractivity contribution in [3.63, 3.8) is 0 Å². The first-order valence-electron chi connectivity index (χ1n) is 6.01. The fourth-order valence-corrected chi connectivity index (χ4v) is 2.25. The largest absolute Gasteiger partial charge is 0.330 e. The molecule has 0 aliphatic carbocycles. The standard InChI is InChI=1S/C13H16F2N2O/c14-10-1-2-11(12(15)5-10)13(18)8-17-4-3-9(6-16)7-17/h1-2,5,9H,3-4,6-8,16H2. The van der Waals surface area contributed by atoms with E-state index < -0.39 is 11.6 Å². The number of nitrogens with zero attached hydrogens (tertiary/aromatic N) is 1. The number of carbonyl (C=O) groups is 1. The van der Waals surface area contributed by atoms with E-state index in [4.69, 9.17) is 5.73 Å². The normalized spacial score (nSPS) is 20.3. The average molecular weight is 254 g/mol. The van der Waals surface area contributed by atoms with Crippen molar-refractivity contribution in [1.82, 2.24) is 4.90 Å². The number of ketones is 1. The molecule has 1 aromatic carbocycles. The van der Waals surface area contributed by atoms with E-state index in [0.717, 1.165) is 31.6 Å². The quantitative estimate of drug-likeness (QED) is 0.827. The maximum atomic E-state index is 13.4. The third-order valence-corrected chi connectivity index (χ3v) is 3.30. The molecule has 1 fully saturated rings. The molecule has 0 bridgehead atoms. The summed E-state index contributed by atoms with van der Waals surface area (Å²) in [5, 5.41) is 0. The minimum absolute atomic E-state index is 0.0485. The van der Waals surface area contributed by atoms with Gasteiger partial charge in [-0.25, -0.2) is 8.78 Å². The smallest absolute Gasteiger partial charge is 0.179 e. The van der Waals surface area contributed by atoms with E-state index in [9.17, 15) is 13.6 Å². The first-order valence-corrected chi connectivity index (χ1v) is 6.01. The lowest BCUT2D eigenvalue weighted by Gasteiger charge is -2.14. The van der Waals surface area contributed by atoms with Gasteiger partial charge in [-0.15, -0.1) is 0 Å². The fraction of sp³-hybridized carbons (Fsp3) is 0.462. The third-order valence-electron chi connectivity index (χ3n) is 3.30. The number of benzene rings is 1. The highest BCUT2D eigenvalue weighted by Crippen LogP contribution is 2.16. The van der Waals surface area contributed by atoms with Crippen LogP contribution in [0.25, 0.3) is 0 Å². The van der Waals surface area contributed by atoms with Crippen molar-refractivity contribution in [3.8, 4) is 0 Å². The fourth-order valence-electron chi connectivity index (χ4n) is 2.25. The molecular formula is C13H16F2N2O. The van der Waals surface area contributed by atoms with E-state index in [1.807, 2.05) is 4.90 Å². The summed E-state index contributed by atoms with van der Waals surface area (Å²) in [5.41, 5.74) is 5.52. The number of likely N-dealkylation sites (tertiary alicyclic amines) is 1. The topological polar surface area (TPSA) is 46.3 Å². The summed E-state index contributed by atoms with van der Waals surface area (Å²) >= 11 is 0. The van der Waals surface area contributed by atoms with Crippen molar-refractivity contribution in [2.24, 2.45) is 11.7 Å². The molecule has 1 aliphatic rings. The van der Waals surface area contributed by atoms with Crippen LogP contribution in [0.5, 0.6) is 0 Å². The van der Waals surface area contributed by atoms with Crippen LogP contribution in [-0.4, -0.2) is 36.9 Å². The number of nitrogens with two attached hydrogens (primary N) is 1. The Kier molecular flexibility index (Phi) is 4.04. The highest BCUT2D eigenvalue weighted by Gasteiger charge is 2.24. The van der Waals surface area contributed by atoms with Gasteiger partial charge in [0.1, 0.15) is 11.6 Å². The molecule has 18 heavy (non-hydrogen) atoms. The Morgan fingerprint density at radius 1 is 1.44 bits per heavy atom. The maximum absolute atomic E-state index is 13.4. The number of halogens is 2. The van der Waals surface area contributed by atoms with Crippen LogP contribution in [0, 0.1) is 17.6 Å². The van der Waals surface area contributed by atoms with Crippen LogP contribution in [0.15, 0.2) is 18.2 Å². The zero-order chi connectivity index (χ0) is 13.1. The molecule has 3 nitrogen and oxygen atoms in total. The second kappa shape index (κ2) is 5.54. The van der Waals surface area contributed by atoms with Gasteiger partial charge in [0.2, 0.25) is 0 Å². The van der Waals surface area contributed by atoms with Crippen LogP contribution in [-0.2, 0) is 0 Å². The molecule has 1 heterocycles. The van der Waals surface area contributed by atoms with Gasteiger partial charge in [-0.05, 0) is 37.6 Å². The second-order valence-electron chi connectivity index (χ2n) is 4.67. The predicted octanol–water partition coefficient (Wildman–Crippen LogP) is 1.43. The van der Waals surface area contributed by atoms with Crippen molar-refractivity contribution in [3.05, 3.63) is 35.4 Å². The van der Waals surface area contributed by atoms with Crippen LogP contribution >= 0.6 is 0 Å². The molecule has 2 N–H and O–H groups in total. The number of hydrogen-bond donors (Lipinski definition) is 1. The minimum Gasteiger partial charge on any atom is -0.330 e. The van der Waals surface area contributed by atoms with E-state index in [1.54, 1.807) is 0 Å². The van der Waals surface area contributed by atoms with E-state index in [1.165, 1.54) is 6.07 Å². The SMILES string of the molecule is NCC1CCN(CC(=O)c2ccc(F)cc2F)C1. The van der Waals surface area contributed by atoms with Gasteiger partial charge in [0.05, 0.1) is 12.1 Å². The van der Waals surface area contributed by atoms with Crippen LogP contribution in [0.3, 0.4) is 0 Å². The monoisotopic (exact) mass is 254 g/mol. The lowest BCUT2D eigenvalue weighted by atomic mass is 10.1. The van der Waals surface area contributed by atoms with Gasteiger partial charge in [-0.2, -0.15) is 0 Å². The van der Waals surface area contributed by atoms with E-state index in [2.05, 4.69) is 0 Å². The van der Waals surface area contributed by atoms with Crippen molar-refractivity contribution in [2.75, 3.05) is 26.2 Å². The van der Waals surface area contributed by atoms with Gasteiger partial charge in [0, 0.05) is 12.6 Å². The maximum Gasteiger partial charge on any atom is 0.179 e. The Morgan fingerprint density at radius 2 is 2.22 bits per heavy atom. The van der Waals surface area contributed by atoms with Gasteiger partial charge in [-0.1, -0.05) is 0 Å². The van der Waals surface area contributed by atoms with Crippen molar-refractivity contribution >= 4 is 5.78 Å². The molecule has 1 unspecified atom stereocenters. The highest BCUT2D eigenvalue weighted by molar-refractivity contribution is 5.97. The van der Waals surface area contributed by atoms with Crippen LogP contribution in [0.4, 0.5) is 8.78 Å². The summed E-state index contributed by atoms with van der Waals surface area (Å²) in [6.07, 6.45) is 0.968. The lowest BCUT2D eigenvalue weighted by Crippen LogP contribution is -2.29. The Labute approximate surface area is 105 Å². The minimum atomic E-state index is -0.797. The van der Waals surface area contributed by atoms with Crippen LogP contribution in [0.2, 0.25) is 0 Å². The van der Waals surface area contributed by atoms with Crippen LogP contribution < -0.4 is 5.73 Å². The number of rotatable bonds is 4. The highest BCUT2D eigenvalue weighted by atomic mass is 19.1. The average Bonchev–Trinajstić information content (AvgIpc) is 2.76. The summed E-state index contributed by atoms with van der Waals surface area (Å²) in [5.74, 6) is -1.37. The van der Waals surface area contributed by atoms with Gasteiger partial charge < -0.3 is 5.73 Å². The Balaban J connectivity index is 2.00. The van der Waals surface area contributed by atoms with E-state index in [-0.39, 0.29) is 17.9 Å². The molecule has 0 aromatic heterocycles. The molecule has 0 spiro atoms. The predicted molar refractivity (Wildman–Crippen MR) is 64.3 cm³/mol. The Morgan fingerprint density at radius 3 is 2.83 bits per heavy atom. The molecule has 0 amide bonds. The molecular weight excluding hydrogens is 238 g/mol. The van der Waals surface area contributed by atoms with Crippen molar-refractivity contribution in [1.29, 1.82) is 0 Å². The zero-order valence-electron chi connectivity index (χ0n) is 10.0. The van der Waals surface area contributed by atoms with Gasteiger partial charge in [0.25, 0.3) is 0 Å². The van der Waals surface area contributed by atoms with Crippen molar-refractivity contribution in [2.45, 2.75) is 6.42 Å². The number of hydrogen-bond acceptors (Lipinski definition) is 3. The van der Waals surface area contributed by atoms with Gasteiger partial charge >= 0.3 is 0 Å². The number of carbonyl (C=O) groups excluding carboxylic acids is 1. The first kappa shape index (κ1) is 13.1. The molecule has 0 saturated carbocycles. The lowest BCUT2D eigenvalue weighted by molar-refractivity contribution is 0.0939. The summed E-state index contributed by atoms with van der Waals surface area (Å²) < 4.78 is 26.2.